The van der Waals surface area contributed by atoms with Gasteiger partial charge in [0.15, 0.2) is 0 Å². The van der Waals surface area contributed by atoms with Gasteiger partial charge in [-0.1, -0.05) is 30.7 Å². The van der Waals surface area contributed by atoms with Crippen molar-refractivity contribution >= 4 is 17.2 Å². The summed E-state index contributed by atoms with van der Waals surface area (Å²) in [6.45, 7) is 0. The lowest BCUT2D eigenvalue weighted by Crippen LogP contribution is -1.94. The minimum absolute atomic E-state index is 0.169. The van der Waals surface area contributed by atoms with Gasteiger partial charge in [-0.3, -0.25) is 0 Å². The van der Waals surface area contributed by atoms with Gasteiger partial charge >= 0.3 is 0 Å². The number of methoxy groups -OCH3 is 1. The largest absolute Gasteiger partial charge is 0.496 e. The molecule has 0 aliphatic heterocycles. The van der Waals surface area contributed by atoms with Crippen LogP contribution >= 0.6 is 11.6 Å². The van der Waals surface area contributed by atoms with Gasteiger partial charge in [0.2, 0.25) is 0 Å². The molecule has 1 nitrogen and oxygen atoms in total. The molecule has 1 aliphatic rings. The van der Waals surface area contributed by atoms with Crippen molar-refractivity contribution in [2.24, 2.45) is 0 Å². The van der Waals surface area contributed by atoms with Crippen molar-refractivity contribution in [1.82, 2.24) is 0 Å². The van der Waals surface area contributed by atoms with Crippen molar-refractivity contribution in [2.75, 3.05) is 7.11 Å². The van der Waals surface area contributed by atoms with Gasteiger partial charge in [-0.25, -0.2) is 0 Å². The lowest BCUT2D eigenvalue weighted by molar-refractivity contribution is 0.413. The van der Waals surface area contributed by atoms with Crippen LogP contribution in [0, 0.1) is 0 Å². The van der Waals surface area contributed by atoms with Crippen LogP contribution in [-0.2, 0) is 0 Å². The van der Waals surface area contributed by atoms with Crippen LogP contribution in [0.25, 0.3) is 5.57 Å². The van der Waals surface area contributed by atoms with Crippen LogP contribution in [0.3, 0.4) is 0 Å². The molecule has 1 aliphatic carbocycles. The van der Waals surface area contributed by atoms with E-state index in [0.29, 0.717) is 0 Å². The molecule has 0 aromatic heterocycles. The van der Waals surface area contributed by atoms with Crippen molar-refractivity contribution < 1.29 is 4.74 Å². The molecule has 0 amide bonds. The van der Waals surface area contributed by atoms with Crippen molar-refractivity contribution in [2.45, 2.75) is 31.1 Å². The quantitative estimate of drug-likeness (QED) is 0.698. The van der Waals surface area contributed by atoms with Crippen LogP contribution in [0.2, 0.25) is 0 Å². The Bertz CT molecular complexity index is 384. The summed E-state index contributed by atoms with van der Waals surface area (Å²) in [6.07, 6.45) is 6.80. The summed E-state index contributed by atoms with van der Waals surface area (Å²) >= 11 is 6.24. The maximum absolute atomic E-state index is 6.24. The molecule has 0 spiro atoms. The lowest BCUT2D eigenvalue weighted by Gasteiger charge is -2.11. The fraction of sp³-hybridized carbons (Fsp3) is 0.429. The van der Waals surface area contributed by atoms with Crippen LogP contribution < -0.4 is 4.74 Å². The van der Waals surface area contributed by atoms with Crippen molar-refractivity contribution in [3.05, 3.63) is 35.9 Å². The maximum Gasteiger partial charge on any atom is 0.126 e. The van der Waals surface area contributed by atoms with E-state index in [2.05, 4.69) is 12.1 Å². The first-order chi connectivity index (χ1) is 7.81. The van der Waals surface area contributed by atoms with E-state index >= 15 is 0 Å². The predicted octanol–water partition coefficient (Wildman–Crippen LogP) is 4.26. The molecule has 1 aromatic rings. The number of hydrogen-bond acceptors (Lipinski definition) is 1. The summed E-state index contributed by atoms with van der Waals surface area (Å²) in [5, 5.41) is 0.169. The molecular weight excluding hydrogens is 220 g/mol. The number of ether oxygens (including phenoxy) is 1. The van der Waals surface area contributed by atoms with Crippen LogP contribution in [0.1, 0.15) is 31.2 Å². The van der Waals surface area contributed by atoms with Crippen LogP contribution in [0.4, 0.5) is 0 Å². The molecule has 0 saturated carbocycles. The molecule has 86 valence electrons. The Morgan fingerprint density at radius 1 is 1.25 bits per heavy atom. The summed E-state index contributed by atoms with van der Waals surface area (Å²) in [5.41, 5.74) is 2.52. The van der Waals surface area contributed by atoms with Crippen molar-refractivity contribution in [1.29, 1.82) is 0 Å². The van der Waals surface area contributed by atoms with Gasteiger partial charge in [-0.05, 0) is 30.9 Å². The third-order valence-electron chi connectivity index (χ3n) is 3.01. The third-order valence-corrected chi connectivity index (χ3v) is 3.36. The Kier molecular flexibility index (Phi) is 3.89. The zero-order valence-electron chi connectivity index (χ0n) is 9.58. The molecule has 0 N–H and O–H groups in total. The van der Waals surface area contributed by atoms with E-state index in [0.717, 1.165) is 18.6 Å². The van der Waals surface area contributed by atoms with Crippen molar-refractivity contribution in [3.63, 3.8) is 0 Å². The highest BCUT2D eigenvalue weighted by atomic mass is 35.5. The molecule has 0 heterocycles. The smallest absolute Gasteiger partial charge is 0.126 e. The van der Waals surface area contributed by atoms with E-state index in [1.165, 1.54) is 24.0 Å². The zero-order valence-corrected chi connectivity index (χ0v) is 10.3. The minimum atomic E-state index is 0.169. The zero-order chi connectivity index (χ0) is 11.4. The third kappa shape index (κ3) is 2.59. The first-order valence-electron chi connectivity index (χ1n) is 5.79. The van der Waals surface area contributed by atoms with Crippen LogP contribution in [0.5, 0.6) is 5.75 Å². The molecular formula is C14H17ClO. The Labute approximate surface area is 102 Å². The molecule has 0 radical (unpaired) electrons. The molecule has 2 heteroatoms. The van der Waals surface area contributed by atoms with Crippen LogP contribution in [0.15, 0.2) is 30.3 Å². The number of halogens is 1. The highest BCUT2D eigenvalue weighted by Crippen LogP contribution is 2.33. The highest BCUT2D eigenvalue weighted by Gasteiger charge is 2.13. The molecule has 1 aromatic carbocycles. The number of benzene rings is 1. The molecule has 1 atom stereocenters. The van der Waals surface area contributed by atoms with E-state index < -0.39 is 0 Å². The molecule has 2 rings (SSSR count). The lowest BCUT2D eigenvalue weighted by atomic mass is 10.0. The van der Waals surface area contributed by atoms with E-state index in [9.17, 15) is 0 Å². The van der Waals surface area contributed by atoms with Gasteiger partial charge in [-0.15, -0.1) is 11.6 Å². The SMILES string of the molecule is COc1ccccc1C1=CC(Cl)CCCC1. The number of para-hydroxylation sites is 1. The topological polar surface area (TPSA) is 9.23 Å². The Morgan fingerprint density at radius 2 is 2.06 bits per heavy atom. The molecule has 0 fully saturated rings. The van der Waals surface area contributed by atoms with Gasteiger partial charge in [0.05, 0.1) is 12.5 Å². The molecule has 0 bridgehead atoms. The fourth-order valence-corrected chi connectivity index (χ4v) is 2.48. The van der Waals surface area contributed by atoms with E-state index in [4.69, 9.17) is 16.3 Å². The molecule has 16 heavy (non-hydrogen) atoms. The number of rotatable bonds is 2. The second kappa shape index (κ2) is 5.40. The van der Waals surface area contributed by atoms with Gasteiger partial charge < -0.3 is 4.74 Å². The summed E-state index contributed by atoms with van der Waals surface area (Å²) < 4.78 is 5.39. The van der Waals surface area contributed by atoms with Crippen LogP contribution in [-0.4, -0.2) is 12.5 Å². The van der Waals surface area contributed by atoms with Gasteiger partial charge in [0, 0.05) is 5.56 Å². The summed E-state index contributed by atoms with van der Waals surface area (Å²) in [5.74, 6) is 0.944. The first-order valence-corrected chi connectivity index (χ1v) is 6.23. The summed E-state index contributed by atoms with van der Waals surface area (Å²) in [6, 6.07) is 8.16. The fourth-order valence-electron chi connectivity index (χ4n) is 2.17. The predicted molar refractivity (Wildman–Crippen MR) is 69.1 cm³/mol. The summed E-state index contributed by atoms with van der Waals surface area (Å²) in [7, 11) is 1.72. The number of hydrogen-bond donors (Lipinski definition) is 0. The average Bonchev–Trinajstić information content (AvgIpc) is 2.54. The normalized spacial score (nSPS) is 21.1. The number of alkyl halides is 1. The molecule has 1 unspecified atom stereocenters. The second-order valence-corrected chi connectivity index (χ2v) is 4.71. The van der Waals surface area contributed by atoms with E-state index in [-0.39, 0.29) is 5.38 Å². The van der Waals surface area contributed by atoms with E-state index in [1.54, 1.807) is 7.11 Å². The highest BCUT2D eigenvalue weighted by molar-refractivity contribution is 6.22. The average molecular weight is 237 g/mol. The van der Waals surface area contributed by atoms with E-state index in [1.807, 2.05) is 18.2 Å². The van der Waals surface area contributed by atoms with Gasteiger partial charge in [0.1, 0.15) is 5.75 Å². The Hall–Kier alpha value is -0.950. The standard InChI is InChI=1S/C14H17ClO/c1-16-14-9-5-4-8-13(14)11-6-2-3-7-12(15)10-11/h4-5,8-10,12H,2-3,6-7H2,1H3. The second-order valence-electron chi connectivity index (χ2n) is 4.15. The Balaban J connectivity index is 2.34. The Morgan fingerprint density at radius 3 is 2.88 bits per heavy atom. The minimum Gasteiger partial charge on any atom is -0.496 e. The van der Waals surface area contributed by atoms with Gasteiger partial charge in [0.25, 0.3) is 0 Å². The first kappa shape index (κ1) is 11.5. The number of allylic oxidation sites excluding steroid dienone is 2. The monoisotopic (exact) mass is 236 g/mol. The van der Waals surface area contributed by atoms with Gasteiger partial charge in [-0.2, -0.15) is 0 Å². The summed E-state index contributed by atoms with van der Waals surface area (Å²) in [4.78, 5) is 0. The van der Waals surface area contributed by atoms with Crippen molar-refractivity contribution in [3.8, 4) is 5.75 Å². The maximum atomic E-state index is 6.24. The molecule has 0 saturated heterocycles.